The van der Waals surface area contributed by atoms with E-state index in [0.29, 0.717) is 27.9 Å². The van der Waals surface area contributed by atoms with Crippen molar-refractivity contribution in [2.24, 2.45) is 0 Å². The number of nitrogens with one attached hydrogen (secondary N) is 3. The molecule has 1 amide bonds. The number of carbonyl (C=O) groups excluding carboxylic acids is 1. The molecule has 3 aromatic carbocycles. The van der Waals surface area contributed by atoms with Crippen LogP contribution in [0.15, 0.2) is 94.6 Å². The number of rotatable bonds is 8. The highest BCUT2D eigenvalue weighted by atomic mass is 19.4. The van der Waals surface area contributed by atoms with Crippen molar-refractivity contribution in [1.29, 1.82) is 0 Å². The molecule has 0 unspecified atom stereocenters. The molecule has 0 spiro atoms. The van der Waals surface area contributed by atoms with Gasteiger partial charge in [-0.05, 0) is 59.7 Å². The number of nitrogens with zero attached hydrogens (tertiary/aromatic N) is 1. The second-order valence-corrected chi connectivity index (χ2v) is 9.22. The predicted molar refractivity (Wildman–Crippen MR) is 142 cm³/mol. The van der Waals surface area contributed by atoms with Crippen molar-refractivity contribution in [3.63, 3.8) is 0 Å². The maximum absolute atomic E-state index is 13.6. The summed E-state index contributed by atoms with van der Waals surface area (Å²) in [7, 11) is 0. The number of alkyl halides is 3. The van der Waals surface area contributed by atoms with E-state index >= 15 is 0 Å². The summed E-state index contributed by atoms with van der Waals surface area (Å²) in [5, 5.41) is 2.75. The SMILES string of the molecule is O=C(N[C@H](COc1ccc2[nH]c(=O)[nH]c2c1)c1ccc(F)cc1)c1cccn(Cc2ccc(C(F)(F)F)cc2)c1=O. The van der Waals surface area contributed by atoms with Crippen molar-refractivity contribution in [2.45, 2.75) is 18.8 Å². The third kappa shape index (κ3) is 6.38. The molecule has 2 aromatic heterocycles. The van der Waals surface area contributed by atoms with E-state index in [2.05, 4.69) is 15.3 Å². The van der Waals surface area contributed by atoms with Crippen LogP contribution in [0.1, 0.15) is 33.1 Å². The second kappa shape index (κ2) is 11.2. The minimum Gasteiger partial charge on any atom is -0.491 e. The lowest BCUT2D eigenvalue weighted by Crippen LogP contribution is -2.37. The summed E-state index contributed by atoms with van der Waals surface area (Å²) in [6, 6.07) is 16.7. The van der Waals surface area contributed by atoms with Crippen molar-refractivity contribution in [2.75, 3.05) is 6.61 Å². The lowest BCUT2D eigenvalue weighted by Gasteiger charge is -2.20. The fraction of sp³-hybridized carbons (Fsp3) is 0.138. The minimum atomic E-state index is -4.48. The second-order valence-electron chi connectivity index (χ2n) is 9.22. The van der Waals surface area contributed by atoms with E-state index in [-0.39, 0.29) is 24.4 Å². The van der Waals surface area contributed by atoms with Crippen LogP contribution in [0.2, 0.25) is 0 Å². The van der Waals surface area contributed by atoms with E-state index in [9.17, 15) is 31.9 Å². The first kappa shape index (κ1) is 27.4. The number of H-pyrrole nitrogens is 2. The Kier molecular flexibility index (Phi) is 7.47. The van der Waals surface area contributed by atoms with Crippen molar-refractivity contribution < 1.29 is 27.1 Å². The summed E-state index contributed by atoms with van der Waals surface area (Å²) in [5.41, 5.74) is 0.0314. The van der Waals surface area contributed by atoms with E-state index in [4.69, 9.17) is 4.74 Å². The molecule has 3 N–H and O–H groups in total. The zero-order valence-corrected chi connectivity index (χ0v) is 21.2. The van der Waals surface area contributed by atoms with E-state index in [1.54, 1.807) is 18.2 Å². The smallest absolute Gasteiger partial charge is 0.416 e. The Morgan fingerprint density at radius 1 is 0.927 bits per heavy atom. The van der Waals surface area contributed by atoms with Gasteiger partial charge in [-0.3, -0.25) is 9.59 Å². The van der Waals surface area contributed by atoms with Crippen molar-refractivity contribution in [3.8, 4) is 5.75 Å². The highest BCUT2D eigenvalue weighted by Crippen LogP contribution is 2.29. The van der Waals surface area contributed by atoms with Gasteiger partial charge in [-0.1, -0.05) is 24.3 Å². The third-order valence-corrected chi connectivity index (χ3v) is 6.38. The highest BCUT2D eigenvalue weighted by Gasteiger charge is 2.30. The van der Waals surface area contributed by atoms with Crippen LogP contribution < -0.4 is 21.3 Å². The number of aromatic amines is 2. The largest absolute Gasteiger partial charge is 0.491 e. The van der Waals surface area contributed by atoms with Crippen LogP contribution in [-0.4, -0.2) is 27.0 Å². The van der Waals surface area contributed by atoms with Crippen LogP contribution in [-0.2, 0) is 12.7 Å². The zero-order valence-electron chi connectivity index (χ0n) is 21.2. The van der Waals surface area contributed by atoms with Crippen LogP contribution in [0.5, 0.6) is 5.75 Å². The number of ether oxygens (including phenoxy) is 1. The number of imidazole rings is 1. The average molecular weight is 567 g/mol. The summed E-state index contributed by atoms with van der Waals surface area (Å²) in [5.74, 6) is -0.802. The normalized spacial score (nSPS) is 12.3. The number of amides is 1. The Labute approximate surface area is 229 Å². The molecule has 0 saturated heterocycles. The Morgan fingerprint density at radius 3 is 2.34 bits per heavy atom. The summed E-state index contributed by atoms with van der Waals surface area (Å²) in [6.45, 7) is -0.142. The van der Waals surface area contributed by atoms with Gasteiger partial charge in [0, 0.05) is 12.3 Å². The van der Waals surface area contributed by atoms with Crippen LogP contribution in [0, 0.1) is 5.82 Å². The number of carbonyl (C=O) groups is 1. The summed E-state index contributed by atoms with van der Waals surface area (Å²) in [4.78, 5) is 43.2. The molecule has 0 bridgehead atoms. The highest BCUT2D eigenvalue weighted by molar-refractivity contribution is 5.94. The topological polar surface area (TPSA) is 109 Å². The molecule has 0 saturated carbocycles. The Balaban J connectivity index is 1.35. The molecule has 0 aliphatic heterocycles. The molecule has 12 heteroatoms. The number of fused-ring (bicyclic) bond motifs is 1. The van der Waals surface area contributed by atoms with Crippen LogP contribution in [0.4, 0.5) is 17.6 Å². The molecule has 0 aliphatic carbocycles. The first-order chi connectivity index (χ1) is 19.6. The van der Waals surface area contributed by atoms with E-state index in [0.717, 1.165) is 12.1 Å². The van der Waals surface area contributed by atoms with Gasteiger partial charge in [-0.2, -0.15) is 13.2 Å². The molecular weight excluding hydrogens is 544 g/mol. The molecule has 8 nitrogen and oxygen atoms in total. The third-order valence-electron chi connectivity index (χ3n) is 6.38. The fourth-order valence-electron chi connectivity index (χ4n) is 4.26. The van der Waals surface area contributed by atoms with Crippen LogP contribution >= 0.6 is 0 Å². The number of benzene rings is 3. The molecule has 2 heterocycles. The van der Waals surface area contributed by atoms with Gasteiger partial charge in [0.25, 0.3) is 11.5 Å². The van der Waals surface area contributed by atoms with Gasteiger partial charge in [0.2, 0.25) is 0 Å². The monoisotopic (exact) mass is 566 g/mol. The molecule has 41 heavy (non-hydrogen) atoms. The van der Waals surface area contributed by atoms with Crippen molar-refractivity contribution in [3.05, 3.63) is 134 Å². The maximum atomic E-state index is 13.6. The van der Waals surface area contributed by atoms with Crippen LogP contribution in [0.25, 0.3) is 11.0 Å². The molecule has 5 rings (SSSR count). The number of hydrogen-bond donors (Lipinski definition) is 3. The summed E-state index contributed by atoms with van der Waals surface area (Å²) >= 11 is 0. The number of halogens is 4. The molecule has 210 valence electrons. The van der Waals surface area contributed by atoms with Gasteiger partial charge >= 0.3 is 11.9 Å². The Morgan fingerprint density at radius 2 is 1.63 bits per heavy atom. The molecule has 1 atom stereocenters. The van der Waals surface area contributed by atoms with Gasteiger partial charge < -0.3 is 24.6 Å². The van der Waals surface area contributed by atoms with E-state index < -0.39 is 35.1 Å². The molecular formula is C29H22F4N4O4. The number of pyridine rings is 1. The van der Waals surface area contributed by atoms with Gasteiger partial charge in [-0.15, -0.1) is 0 Å². The first-order valence-electron chi connectivity index (χ1n) is 12.3. The lowest BCUT2D eigenvalue weighted by molar-refractivity contribution is -0.137. The standard InChI is InChI=1S/C29H22F4N4O4/c30-20-9-5-18(6-10-20)25(16-41-21-11-12-23-24(14-21)36-28(40)35-23)34-26(38)22-2-1-13-37(27(22)39)15-17-3-7-19(8-4-17)29(31,32)33/h1-14,25H,15-16H2,(H,34,38)(H2,35,36,40)/t25-/m1/s1. The average Bonchev–Trinajstić information content (AvgIpc) is 3.31. The zero-order chi connectivity index (χ0) is 29.1. The predicted octanol–water partition coefficient (Wildman–Crippen LogP) is 4.77. The van der Waals surface area contributed by atoms with Crippen LogP contribution in [0.3, 0.4) is 0 Å². The Bertz CT molecular complexity index is 1810. The first-order valence-corrected chi connectivity index (χ1v) is 12.3. The Hall–Kier alpha value is -5.13. The van der Waals surface area contributed by atoms with Gasteiger partial charge in [0.05, 0.1) is 29.2 Å². The van der Waals surface area contributed by atoms with Gasteiger partial charge in [0.1, 0.15) is 23.7 Å². The quantitative estimate of drug-likeness (QED) is 0.235. The van der Waals surface area contributed by atoms with Gasteiger partial charge in [0.15, 0.2) is 0 Å². The van der Waals surface area contributed by atoms with E-state index in [1.165, 1.54) is 59.3 Å². The van der Waals surface area contributed by atoms with Crippen molar-refractivity contribution in [1.82, 2.24) is 19.9 Å². The van der Waals surface area contributed by atoms with Gasteiger partial charge in [-0.25, -0.2) is 9.18 Å². The molecule has 0 aliphatic rings. The maximum Gasteiger partial charge on any atom is 0.416 e. The van der Waals surface area contributed by atoms with Crippen molar-refractivity contribution >= 4 is 16.9 Å². The molecule has 0 fully saturated rings. The minimum absolute atomic E-state index is 0.0493. The molecule has 5 aromatic rings. The number of hydrogen-bond acceptors (Lipinski definition) is 4. The summed E-state index contributed by atoms with van der Waals surface area (Å²) < 4.78 is 59.3. The molecule has 0 radical (unpaired) electrons. The fourth-order valence-corrected chi connectivity index (χ4v) is 4.26. The van der Waals surface area contributed by atoms with E-state index in [1.807, 2.05) is 0 Å². The summed E-state index contributed by atoms with van der Waals surface area (Å²) in [6.07, 6.45) is -3.05. The number of aromatic nitrogens is 3. The lowest BCUT2D eigenvalue weighted by atomic mass is 10.1.